The van der Waals surface area contributed by atoms with E-state index in [1.807, 2.05) is 6.07 Å². The van der Waals surface area contributed by atoms with Crippen molar-refractivity contribution in [3.05, 3.63) is 77.6 Å². The van der Waals surface area contributed by atoms with E-state index in [-0.39, 0.29) is 23.4 Å². The Balaban J connectivity index is 1.98. The molecular weight excluding hydrogens is 325 g/mol. The number of hydrogen-bond acceptors (Lipinski definition) is 5. The van der Waals surface area contributed by atoms with E-state index in [2.05, 4.69) is 10.1 Å². The summed E-state index contributed by atoms with van der Waals surface area (Å²) in [7, 11) is 3.07. The Kier molecular flexibility index (Phi) is 4.74. The number of aromatic nitrogens is 2. The van der Waals surface area contributed by atoms with Crippen LogP contribution in [0.15, 0.2) is 59.4 Å². The molecule has 0 saturated heterocycles. The van der Waals surface area contributed by atoms with Gasteiger partial charge < -0.3 is 14.2 Å². The van der Waals surface area contributed by atoms with Gasteiger partial charge in [-0.25, -0.2) is 4.39 Å². The molecule has 1 amide bonds. The van der Waals surface area contributed by atoms with Crippen molar-refractivity contribution in [3.63, 3.8) is 0 Å². The Morgan fingerprint density at radius 2 is 2.00 bits per heavy atom. The van der Waals surface area contributed by atoms with Crippen LogP contribution < -0.4 is 4.74 Å². The van der Waals surface area contributed by atoms with Gasteiger partial charge in [-0.1, -0.05) is 18.2 Å². The van der Waals surface area contributed by atoms with E-state index in [1.54, 1.807) is 37.6 Å². The lowest BCUT2D eigenvalue weighted by Gasteiger charge is -2.28. The summed E-state index contributed by atoms with van der Waals surface area (Å²) in [6, 6.07) is 10.6. The number of halogens is 1. The van der Waals surface area contributed by atoms with Crippen LogP contribution in [0.25, 0.3) is 0 Å². The topological polar surface area (TPSA) is 68.5 Å². The molecule has 0 aliphatic heterocycles. The number of benzene rings is 1. The van der Waals surface area contributed by atoms with Crippen LogP contribution in [0.3, 0.4) is 0 Å². The molecule has 0 aliphatic carbocycles. The highest BCUT2D eigenvalue weighted by molar-refractivity contribution is 5.92. The monoisotopic (exact) mass is 341 g/mol. The summed E-state index contributed by atoms with van der Waals surface area (Å²) in [5, 5.41) is 3.65. The van der Waals surface area contributed by atoms with Crippen molar-refractivity contribution < 1.29 is 18.4 Å². The molecule has 0 bridgehead atoms. The molecule has 3 rings (SSSR count). The zero-order valence-electron chi connectivity index (χ0n) is 13.7. The number of rotatable bonds is 5. The zero-order chi connectivity index (χ0) is 17.8. The molecule has 1 aromatic carbocycles. The van der Waals surface area contributed by atoms with E-state index in [0.29, 0.717) is 0 Å². The summed E-state index contributed by atoms with van der Waals surface area (Å²) in [5.74, 6) is -0.455. The molecule has 7 heteroatoms. The van der Waals surface area contributed by atoms with Crippen LogP contribution in [0.5, 0.6) is 5.88 Å². The van der Waals surface area contributed by atoms with Crippen molar-refractivity contribution in [1.82, 2.24) is 15.0 Å². The number of nitrogens with zero attached hydrogens (tertiary/aromatic N) is 3. The summed E-state index contributed by atoms with van der Waals surface area (Å²) < 4.78 is 23.3. The standard InChI is InChI=1S/C18H16FN3O3/c1-22(18(23)15-10-16(24-2)21-25-15)17(13-4-3-9-20-11-13)12-5-7-14(19)8-6-12/h3-11,17H,1-2H3/t17-/m1/s1. The summed E-state index contributed by atoms with van der Waals surface area (Å²) in [5.41, 5.74) is 1.54. The zero-order valence-corrected chi connectivity index (χ0v) is 13.7. The first-order valence-electron chi connectivity index (χ1n) is 7.53. The molecule has 2 aromatic heterocycles. The number of pyridine rings is 1. The fourth-order valence-electron chi connectivity index (χ4n) is 2.57. The Bertz CT molecular complexity index is 850. The number of ether oxygens (including phenoxy) is 1. The molecule has 6 nitrogen and oxygen atoms in total. The minimum atomic E-state index is -0.460. The van der Waals surface area contributed by atoms with Crippen molar-refractivity contribution in [2.45, 2.75) is 6.04 Å². The van der Waals surface area contributed by atoms with Crippen LogP contribution in [0.4, 0.5) is 4.39 Å². The van der Waals surface area contributed by atoms with Gasteiger partial charge in [0.1, 0.15) is 5.82 Å². The molecule has 0 radical (unpaired) electrons. The summed E-state index contributed by atoms with van der Waals surface area (Å²) in [6.07, 6.45) is 3.31. The molecule has 3 aromatic rings. The number of methoxy groups -OCH3 is 1. The minimum Gasteiger partial charge on any atom is -0.479 e. The van der Waals surface area contributed by atoms with Gasteiger partial charge >= 0.3 is 0 Å². The average Bonchev–Trinajstić information content (AvgIpc) is 3.13. The van der Waals surface area contributed by atoms with Crippen molar-refractivity contribution >= 4 is 5.91 Å². The van der Waals surface area contributed by atoms with Crippen LogP contribution >= 0.6 is 0 Å². The lowest BCUT2D eigenvalue weighted by atomic mass is 9.98. The first-order valence-corrected chi connectivity index (χ1v) is 7.53. The highest BCUT2D eigenvalue weighted by Crippen LogP contribution is 2.29. The van der Waals surface area contributed by atoms with Crippen molar-refractivity contribution in [1.29, 1.82) is 0 Å². The molecule has 0 fully saturated rings. The van der Waals surface area contributed by atoms with E-state index in [9.17, 15) is 9.18 Å². The maximum Gasteiger partial charge on any atom is 0.293 e. The molecule has 0 N–H and O–H groups in total. The van der Waals surface area contributed by atoms with Crippen LogP contribution in [0.1, 0.15) is 27.7 Å². The van der Waals surface area contributed by atoms with Gasteiger partial charge in [-0.15, -0.1) is 0 Å². The van der Waals surface area contributed by atoms with Crippen LogP contribution in [0.2, 0.25) is 0 Å². The van der Waals surface area contributed by atoms with Gasteiger partial charge in [-0.05, 0) is 34.5 Å². The molecule has 0 spiro atoms. The maximum absolute atomic E-state index is 13.3. The second-order valence-electron chi connectivity index (χ2n) is 5.39. The average molecular weight is 341 g/mol. The normalized spacial score (nSPS) is 11.8. The van der Waals surface area contributed by atoms with Gasteiger partial charge in [-0.2, -0.15) is 0 Å². The summed E-state index contributed by atoms with van der Waals surface area (Å²) in [6.45, 7) is 0. The predicted octanol–water partition coefficient (Wildman–Crippen LogP) is 3.08. The first-order chi connectivity index (χ1) is 12.1. The molecule has 25 heavy (non-hydrogen) atoms. The molecule has 128 valence electrons. The molecule has 0 unspecified atom stereocenters. The smallest absolute Gasteiger partial charge is 0.293 e. The van der Waals surface area contributed by atoms with Gasteiger partial charge in [0.05, 0.1) is 19.2 Å². The quantitative estimate of drug-likeness (QED) is 0.713. The Morgan fingerprint density at radius 1 is 1.24 bits per heavy atom. The number of amides is 1. The van der Waals surface area contributed by atoms with E-state index in [4.69, 9.17) is 9.26 Å². The van der Waals surface area contributed by atoms with Gasteiger partial charge in [0.25, 0.3) is 11.8 Å². The Hall–Kier alpha value is -3.22. The van der Waals surface area contributed by atoms with E-state index in [1.165, 1.54) is 30.2 Å². The van der Waals surface area contributed by atoms with Crippen molar-refractivity contribution in [2.24, 2.45) is 0 Å². The predicted molar refractivity (Wildman–Crippen MR) is 87.6 cm³/mol. The number of hydrogen-bond donors (Lipinski definition) is 0. The SMILES string of the molecule is COc1cc(C(=O)N(C)[C@H](c2ccc(F)cc2)c2cccnc2)on1. The Labute approximate surface area is 143 Å². The molecule has 2 heterocycles. The third-order valence-electron chi connectivity index (χ3n) is 3.80. The van der Waals surface area contributed by atoms with Crippen LogP contribution in [-0.4, -0.2) is 35.1 Å². The largest absolute Gasteiger partial charge is 0.479 e. The second kappa shape index (κ2) is 7.12. The van der Waals surface area contributed by atoms with Crippen molar-refractivity contribution in [3.8, 4) is 5.88 Å². The third-order valence-corrected chi connectivity index (χ3v) is 3.80. The fraction of sp³-hybridized carbons (Fsp3) is 0.167. The molecule has 0 aliphatic rings. The fourth-order valence-corrected chi connectivity index (χ4v) is 2.57. The first kappa shape index (κ1) is 16.6. The minimum absolute atomic E-state index is 0.0513. The number of carbonyl (C=O) groups is 1. The van der Waals surface area contributed by atoms with E-state index in [0.717, 1.165) is 11.1 Å². The number of carbonyl (C=O) groups excluding carboxylic acids is 1. The van der Waals surface area contributed by atoms with E-state index >= 15 is 0 Å². The van der Waals surface area contributed by atoms with Gasteiger partial charge in [0, 0.05) is 19.4 Å². The van der Waals surface area contributed by atoms with Gasteiger partial charge in [-0.3, -0.25) is 9.78 Å². The highest BCUT2D eigenvalue weighted by atomic mass is 19.1. The summed E-state index contributed by atoms with van der Waals surface area (Å²) in [4.78, 5) is 18.4. The van der Waals surface area contributed by atoms with E-state index < -0.39 is 6.04 Å². The van der Waals surface area contributed by atoms with Crippen molar-refractivity contribution in [2.75, 3.05) is 14.2 Å². The molecule has 0 saturated carbocycles. The lowest BCUT2D eigenvalue weighted by Crippen LogP contribution is -2.31. The maximum atomic E-state index is 13.3. The van der Waals surface area contributed by atoms with Gasteiger partial charge in [0.15, 0.2) is 0 Å². The van der Waals surface area contributed by atoms with Crippen LogP contribution in [0, 0.1) is 5.82 Å². The third kappa shape index (κ3) is 3.50. The van der Waals surface area contributed by atoms with Gasteiger partial charge in [0.2, 0.25) is 5.76 Å². The summed E-state index contributed by atoms with van der Waals surface area (Å²) >= 11 is 0. The lowest BCUT2D eigenvalue weighted by molar-refractivity contribution is 0.0712. The highest BCUT2D eigenvalue weighted by Gasteiger charge is 2.27. The Morgan fingerprint density at radius 3 is 2.60 bits per heavy atom. The molecule has 1 atom stereocenters. The molecular formula is C18H16FN3O3. The second-order valence-corrected chi connectivity index (χ2v) is 5.39. The van der Waals surface area contributed by atoms with Crippen LogP contribution in [-0.2, 0) is 0 Å².